The lowest BCUT2D eigenvalue weighted by Crippen LogP contribution is -2.25. The van der Waals surface area contributed by atoms with Gasteiger partial charge >= 0.3 is 0 Å². The minimum absolute atomic E-state index is 0.746. The van der Waals surface area contributed by atoms with Crippen LogP contribution in [0.25, 0.3) is 0 Å². The molecule has 0 amide bonds. The van der Waals surface area contributed by atoms with Gasteiger partial charge in [-0.15, -0.1) is 0 Å². The lowest BCUT2D eigenvalue weighted by atomic mass is 9.99. The molecule has 1 atom stereocenters. The summed E-state index contributed by atoms with van der Waals surface area (Å²) in [5, 5.41) is 3.55. The fraction of sp³-hybridized carbons (Fsp3) is 0.667. The summed E-state index contributed by atoms with van der Waals surface area (Å²) in [6.07, 6.45) is 4.86. The van der Waals surface area contributed by atoms with Crippen molar-refractivity contribution in [1.29, 1.82) is 0 Å². The van der Waals surface area contributed by atoms with E-state index in [9.17, 15) is 0 Å². The van der Waals surface area contributed by atoms with E-state index in [1.165, 1.54) is 30.4 Å². The highest BCUT2D eigenvalue weighted by atomic mass is 16.5. The number of ether oxygens (including phenoxy) is 1. The first-order chi connectivity index (χ1) is 9.65. The normalized spacial score (nSPS) is 15.2. The van der Waals surface area contributed by atoms with Crippen molar-refractivity contribution in [1.82, 2.24) is 5.32 Å². The number of hydrogen-bond acceptors (Lipinski definition) is 2. The van der Waals surface area contributed by atoms with Gasteiger partial charge in [0, 0.05) is 6.42 Å². The maximum atomic E-state index is 5.55. The highest BCUT2D eigenvalue weighted by Gasteiger charge is 2.12. The third-order valence-electron chi connectivity index (χ3n) is 3.96. The van der Waals surface area contributed by atoms with Crippen molar-refractivity contribution in [3.8, 4) is 5.75 Å². The van der Waals surface area contributed by atoms with Gasteiger partial charge in [0.1, 0.15) is 5.75 Å². The number of fused-ring (bicyclic) bond motifs is 1. The molecule has 0 saturated carbocycles. The first kappa shape index (κ1) is 15.4. The van der Waals surface area contributed by atoms with E-state index < -0.39 is 0 Å². The lowest BCUT2D eigenvalue weighted by Gasteiger charge is -2.14. The first-order valence-corrected chi connectivity index (χ1v) is 8.10. The maximum absolute atomic E-state index is 5.55. The molecule has 2 rings (SSSR count). The average molecular weight is 275 g/mol. The van der Waals surface area contributed by atoms with Crippen molar-refractivity contribution < 1.29 is 4.74 Å². The first-order valence-electron chi connectivity index (χ1n) is 8.10. The fourth-order valence-electron chi connectivity index (χ4n) is 2.77. The molecule has 1 heterocycles. The molecule has 2 nitrogen and oxygen atoms in total. The molecule has 1 aromatic rings. The molecule has 0 aromatic heterocycles. The van der Waals surface area contributed by atoms with Crippen molar-refractivity contribution in [2.75, 3.05) is 19.7 Å². The Balaban J connectivity index is 1.65. The van der Waals surface area contributed by atoms with Gasteiger partial charge in [0.05, 0.1) is 6.61 Å². The summed E-state index contributed by atoms with van der Waals surface area (Å²) in [4.78, 5) is 0. The zero-order chi connectivity index (χ0) is 14.4. The molecule has 2 heteroatoms. The molecular weight excluding hydrogens is 246 g/mol. The summed E-state index contributed by atoms with van der Waals surface area (Å²) >= 11 is 0. The van der Waals surface area contributed by atoms with E-state index in [4.69, 9.17) is 4.74 Å². The maximum Gasteiger partial charge on any atom is 0.122 e. The van der Waals surface area contributed by atoms with E-state index in [1.807, 2.05) is 0 Å². The zero-order valence-corrected chi connectivity index (χ0v) is 13.2. The largest absolute Gasteiger partial charge is 0.493 e. The van der Waals surface area contributed by atoms with Gasteiger partial charge in [0.2, 0.25) is 0 Å². The second-order valence-electron chi connectivity index (χ2n) is 6.59. The van der Waals surface area contributed by atoms with Crippen LogP contribution in [0.4, 0.5) is 0 Å². The Kier molecular flexibility index (Phi) is 5.90. The van der Waals surface area contributed by atoms with Crippen LogP contribution >= 0.6 is 0 Å². The van der Waals surface area contributed by atoms with Crippen molar-refractivity contribution >= 4 is 0 Å². The van der Waals surface area contributed by atoms with Crippen LogP contribution in [-0.2, 0) is 12.8 Å². The minimum Gasteiger partial charge on any atom is -0.493 e. The zero-order valence-electron chi connectivity index (χ0n) is 13.2. The third-order valence-corrected chi connectivity index (χ3v) is 3.96. The van der Waals surface area contributed by atoms with E-state index in [-0.39, 0.29) is 0 Å². The van der Waals surface area contributed by atoms with Gasteiger partial charge in [-0.3, -0.25) is 0 Å². The average Bonchev–Trinajstić information content (AvgIpc) is 2.85. The predicted molar refractivity (Wildman–Crippen MR) is 85.5 cm³/mol. The Morgan fingerprint density at radius 3 is 2.85 bits per heavy atom. The summed E-state index contributed by atoms with van der Waals surface area (Å²) in [5.41, 5.74) is 2.87. The van der Waals surface area contributed by atoms with E-state index in [2.05, 4.69) is 44.3 Å². The Bertz CT molecular complexity index is 414. The molecule has 0 bridgehead atoms. The number of rotatable bonds is 8. The van der Waals surface area contributed by atoms with Gasteiger partial charge in [-0.2, -0.15) is 0 Å². The number of benzene rings is 1. The quantitative estimate of drug-likeness (QED) is 0.778. The molecule has 0 radical (unpaired) electrons. The molecule has 20 heavy (non-hydrogen) atoms. The molecular formula is C18H29NO. The summed E-state index contributed by atoms with van der Waals surface area (Å²) in [7, 11) is 0. The molecule has 0 spiro atoms. The van der Waals surface area contributed by atoms with E-state index in [1.54, 1.807) is 0 Å². The summed E-state index contributed by atoms with van der Waals surface area (Å²) in [6, 6.07) is 6.71. The lowest BCUT2D eigenvalue weighted by molar-refractivity contribution is 0.357. The van der Waals surface area contributed by atoms with Crippen molar-refractivity contribution in [2.24, 2.45) is 11.8 Å². The van der Waals surface area contributed by atoms with Crippen molar-refractivity contribution in [3.05, 3.63) is 29.3 Å². The van der Waals surface area contributed by atoms with Crippen LogP contribution in [0.3, 0.4) is 0 Å². The third kappa shape index (κ3) is 4.82. The van der Waals surface area contributed by atoms with Crippen molar-refractivity contribution in [3.63, 3.8) is 0 Å². The van der Waals surface area contributed by atoms with Gasteiger partial charge in [0.25, 0.3) is 0 Å². The van der Waals surface area contributed by atoms with Crippen LogP contribution in [0.15, 0.2) is 18.2 Å². The molecule has 1 unspecified atom stereocenters. The SMILES string of the molecule is CC(C)CNCC(C)CCCc1ccc2c(c1)CCO2. The second-order valence-corrected chi connectivity index (χ2v) is 6.59. The van der Waals surface area contributed by atoms with Gasteiger partial charge < -0.3 is 10.1 Å². The van der Waals surface area contributed by atoms with Crippen LogP contribution in [0.2, 0.25) is 0 Å². The molecule has 1 aliphatic rings. The summed E-state index contributed by atoms with van der Waals surface area (Å²) < 4.78 is 5.55. The molecule has 1 N–H and O–H groups in total. The Morgan fingerprint density at radius 1 is 1.20 bits per heavy atom. The monoisotopic (exact) mass is 275 g/mol. The van der Waals surface area contributed by atoms with E-state index >= 15 is 0 Å². The van der Waals surface area contributed by atoms with Gasteiger partial charge in [-0.25, -0.2) is 0 Å². The molecule has 0 saturated heterocycles. The Morgan fingerprint density at radius 2 is 2.05 bits per heavy atom. The van der Waals surface area contributed by atoms with E-state index in [0.717, 1.165) is 43.7 Å². The fourth-order valence-corrected chi connectivity index (χ4v) is 2.77. The smallest absolute Gasteiger partial charge is 0.122 e. The van der Waals surface area contributed by atoms with Crippen LogP contribution in [-0.4, -0.2) is 19.7 Å². The van der Waals surface area contributed by atoms with Gasteiger partial charge in [-0.05, 0) is 61.4 Å². The highest BCUT2D eigenvalue weighted by molar-refractivity contribution is 5.39. The summed E-state index contributed by atoms with van der Waals surface area (Å²) in [5.74, 6) is 2.61. The Labute approximate surface area is 123 Å². The van der Waals surface area contributed by atoms with Crippen LogP contribution in [0, 0.1) is 11.8 Å². The topological polar surface area (TPSA) is 21.3 Å². The number of hydrogen-bond donors (Lipinski definition) is 1. The molecule has 112 valence electrons. The number of aryl methyl sites for hydroxylation is 1. The Hall–Kier alpha value is -1.02. The molecule has 1 aliphatic heterocycles. The van der Waals surface area contributed by atoms with Crippen LogP contribution in [0.1, 0.15) is 44.7 Å². The van der Waals surface area contributed by atoms with Gasteiger partial charge in [-0.1, -0.05) is 32.9 Å². The molecule has 0 aliphatic carbocycles. The molecule has 0 fully saturated rings. The van der Waals surface area contributed by atoms with Crippen molar-refractivity contribution in [2.45, 2.75) is 46.5 Å². The van der Waals surface area contributed by atoms with Crippen LogP contribution < -0.4 is 10.1 Å². The highest BCUT2D eigenvalue weighted by Crippen LogP contribution is 2.26. The molecule has 1 aromatic carbocycles. The standard InChI is InChI=1S/C18H29NO/c1-14(2)12-19-13-15(3)5-4-6-16-7-8-18-17(11-16)9-10-20-18/h7-8,11,14-15,19H,4-6,9-10,12-13H2,1-3H3. The number of nitrogens with one attached hydrogen (secondary N) is 1. The second kappa shape index (κ2) is 7.68. The van der Waals surface area contributed by atoms with E-state index in [0.29, 0.717) is 0 Å². The minimum atomic E-state index is 0.746. The van der Waals surface area contributed by atoms with Gasteiger partial charge in [0.15, 0.2) is 0 Å². The summed E-state index contributed by atoms with van der Waals surface area (Å²) in [6.45, 7) is 10.0. The predicted octanol–water partition coefficient (Wildman–Crippen LogP) is 3.83. The van der Waals surface area contributed by atoms with Crippen LogP contribution in [0.5, 0.6) is 5.75 Å².